The largest absolute Gasteiger partial charge is 0.335 e. The Labute approximate surface area is 126 Å². The lowest BCUT2D eigenvalue weighted by atomic mass is 9.75. The number of imide groups is 1. The first-order valence-corrected chi connectivity index (χ1v) is 8.49. The van der Waals surface area contributed by atoms with Gasteiger partial charge in [-0.25, -0.2) is 4.79 Å². The number of rotatable bonds is 3. The average molecular weight is 293 g/mol. The van der Waals surface area contributed by atoms with Crippen LogP contribution in [-0.4, -0.2) is 42.0 Å². The molecule has 2 N–H and O–H groups in total. The van der Waals surface area contributed by atoms with Gasteiger partial charge in [0.1, 0.15) is 0 Å². The molecule has 1 aliphatic heterocycles. The van der Waals surface area contributed by atoms with Crippen LogP contribution in [0.5, 0.6) is 0 Å². The van der Waals surface area contributed by atoms with Crippen molar-refractivity contribution >= 4 is 11.9 Å². The van der Waals surface area contributed by atoms with Gasteiger partial charge in [0.25, 0.3) is 0 Å². The van der Waals surface area contributed by atoms with Gasteiger partial charge in [0.05, 0.1) is 6.04 Å². The summed E-state index contributed by atoms with van der Waals surface area (Å²) in [5.41, 5.74) is 0. The lowest BCUT2D eigenvalue weighted by Crippen LogP contribution is -2.53. The fourth-order valence-electron chi connectivity index (χ4n) is 3.81. The number of piperidine rings is 1. The molecule has 0 aromatic heterocycles. The first kappa shape index (κ1) is 14.8. The molecule has 0 radical (unpaired) electrons. The van der Waals surface area contributed by atoms with Crippen LogP contribution in [0, 0.1) is 11.8 Å². The third-order valence-electron chi connectivity index (χ3n) is 5.40. The molecular formula is C16H27N3O2. The molecule has 1 saturated heterocycles. The maximum absolute atomic E-state index is 12.2. The van der Waals surface area contributed by atoms with Gasteiger partial charge >= 0.3 is 6.03 Å². The van der Waals surface area contributed by atoms with Crippen molar-refractivity contribution in [2.24, 2.45) is 11.8 Å². The summed E-state index contributed by atoms with van der Waals surface area (Å²) < 4.78 is 0. The molecule has 3 fully saturated rings. The Balaban J connectivity index is 1.48. The number of nitrogens with zero attached hydrogens (tertiary/aromatic N) is 1. The number of hydrogen-bond acceptors (Lipinski definition) is 3. The minimum absolute atomic E-state index is 0.164. The van der Waals surface area contributed by atoms with E-state index < -0.39 is 0 Å². The van der Waals surface area contributed by atoms with E-state index in [1.165, 1.54) is 32.1 Å². The molecule has 2 aliphatic carbocycles. The number of carbonyl (C=O) groups excluding carboxylic acids is 2. The lowest BCUT2D eigenvalue weighted by Gasteiger charge is -2.43. The Bertz CT molecular complexity index is 408. The number of amides is 3. The second-order valence-electron chi connectivity index (χ2n) is 7.00. The molecule has 0 unspecified atom stereocenters. The summed E-state index contributed by atoms with van der Waals surface area (Å²) in [4.78, 5) is 26.1. The lowest BCUT2D eigenvalue weighted by molar-refractivity contribution is -0.126. The van der Waals surface area contributed by atoms with Crippen LogP contribution in [0.25, 0.3) is 0 Å². The molecule has 0 spiro atoms. The molecule has 1 heterocycles. The number of hydrogen-bond donors (Lipinski definition) is 2. The van der Waals surface area contributed by atoms with E-state index in [-0.39, 0.29) is 24.0 Å². The van der Waals surface area contributed by atoms with Gasteiger partial charge in [0.2, 0.25) is 5.91 Å². The maximum atomic E-state index is 12.2. The Morgan fingerprint density at radius 2 is 1.76 bits per heavy atom. The highest BCUT2D eigenvalue weighted by Crippen LogP contribution is 2.36. The van der Waals surface area contributed by atoms with Crippen LogP contribution in [0.2, 0.25) is 0 Å². The minimum atomic E-state index is -0.332. The van der Waals surface area contributed by atoms with E-state index in [9.17, 15) is 9.59 Å². The van der Waals surface area contributed by atoms with Crippen molar-refractivity contribution in [3.05, 3.63) is 0 Å². The van der Waals surface area contributed by atoms with E-state index in [0.717, 1.165) is 37.8 Å². The van der Waals surface area contributed by atoms with Crippen LogP contribution in [0.4, 0.5) is 4.79 Å². The van der Waals surface area contributed by atoms with Gasteiger partial charge in [-0.15, -0.1) is 0 Å². The molecule has 5 heteroatoms. The molecule has 5 nitrogen and oxygen atoms in total. The number of nitrogens with one attached hydrogen (secondary N) is 2. The number of likely N-dealkylation sites (tertiary alicyclic amines) is 1. The summed E-state index contributed by atoms with van der Waals surface area (Å²) in [6.07, 6.45) is 8.65. The van der Waals surface area contributed by atoms with Crippen LogP contribution in [0.15, 0.2) is 0 Å². The Morgan fingerprint density at radius 3 is 2.48 bits per heavy atom. The fraction of sp³-hybridized carbons (Fsp3) is 0.875. The van der Waals surface area contributed by atoms with E-state index in [2.05, 4.69) is 15.5 Å². The van der Waals surface area contributed by atoms with E-state index in [1.807, 2.05) is 6.92 Å². The molecule has 3 atom stereocenters. The highest BCUT2D eigenvalue weighted by molar-refractivity contribution is 5.97. The molecule has 0 aromatic rings. The summed E-state index contributed by atoms with van der Waals surface area (Å²) in [5.74, 6) is 1.45. The van der Waals surface area contributed by atoms with Crippen LogP contribution < -0.4 is 10.6 Å². The summed E-state index contributed by atoms with van der Waals surface area (Å²) in [5, 5.41) is 5.29. The zero-order valence-electron chi connectivity index (χ0n) is 12.9. The van der Waals surface area contributed by atoms with Crippen molar-refractivity contribution in [1.82, 2.24) is 15.5 Å². The van der Waals surface area contributed by atoms with Gasteiger partial charge in [0.15, 0.2) is 0 Å². The third kappa shape index (κ3) is 3.76. The van der Waals surface area contributed by atoms with Crippen molar-refractivity contribution in [1.29, 1.82) is 0 Å². The van der Waals surface area contributed by atoms with Crippen molar-refractivity contribution < 1.29 is 9.59 Å². The zero-order chi connectivity index (χ0) is 14.8. The Hall–Kier alpha value is -1.10. The third-order valence-corrected chi connectivity index (χ3v) is 5.40. The van der Waals surface area contributed by atoms with E-state index in [4.69, 9.17) is 0 Å². The van der Waals surface area contributed by atoms with Crippen molar-refractivity contribution in [2.75, 3.05) is 13.1 Å². The van der Waals surface area contributed by atoms with Crippen LogP contribution in [-0.2, 0) is 4.79 Å². The molecule has 3 aliphatic rings. The molecule has 3 amide bonds. The molecular weight excluding hydrogens is 266 g/mol. The quantitative estimate of drug-likeness (QED) is 0.835. The van der Waals surface area contributed by atoms with Crippen molar-refractivity contribution in [3.8, 4) is 0 Å². The molecule has 0 aromatic carbocycles. The smallest absolute Gasteiger partial charge is 0.321 e. The van der Waals surface area contributed by atoms with Crippen molar-refractivity contribution in [3.63, 3.8) is 0 Å². The first-order valence-electron chi connectivity index (χ1n) is 8.49. The van der Waals surface area contributed by atoms with Crippen LogP contribution in [0.1, 0.15) is 51.9 Å². The maximum Gasteiger partial charge on any atom is 0.321 e. The molecule has 0 bridgehead atoms. The highest BCUT2D eigenvalue weighted by Gasteiger charge is 2.35. The van der Waals surface area contributed by atoms with Gasteiger partial charge in [0, 0.05) is 12.6 Å². The average Bonchev–Trinajstić information content (AvgIpc) is 3.29. The summed E-state index contributed by atoms with van der Waals surface area (Å²) >= 11 is 0. The normalized spacial score (nSPS) is 31.1. The second-order valence-corrected chi connectivity index (χ2v) is 7.00. The minimum Gasteiger partial charge on any atom is -0.335 e. The standard InChI is InChI=1S/C16H27N3O2/c1-11(15(20)18-16(21)17-14-6-7-14)19-9-8-12-4-2-3-5-13(12)10-19/h11-14H,2-10H2,1H3,(H2,17,18,20,21)/t11-,12-,13-/m1/s1. The summed E-state index contributed by atoms with van der Waals surface area (Å²) in [7, 11) is 0. The monoisotopic (exact) mass is 293 g/mol. The van der Waals surface area contributed by atoms with Crippen LogP contribution in [0.3, 0.4) is 0 Å². The SMILES string of the molecule is C[C@H](C(=O)NC(=O)NC1CC1)N1CC[C@H]2CCCC[C@@H]2C1. The van der Waals surface area contributed by atoms with Gasteiger partial charge < -0.3 is 5.32 Å². The second kappa shape index (κ2) is 6.34. The van der Waals surface area contributed by atoms with Gasteiger partial charge in [-0.05, 0) is 51.0 Å². The van der Waals surface area contributed by atoms with E-state index >= 15 is 0 Å². The van der Waals surface area contributed by atoms with Crippen molar-refractivity contribution in [2.45, 2.75) is 64.0 Å². The highest BCUT2D eigenvalue weighted by atomic mass is 16.2. The van der Waals surface area contributed by atoms with E-state index in [0.29, 0.717) is 0 Å². The van der Waals surface area contributed by atoms with Gasteiger partial charge in [-0.1, -0.05) is 19.3 Å². The summed E-state index contributed by atoms with van der Waals surface area (Å²) in [6.45, 7) is 3.92. The Kier molecular flexibility index (Phi) is 4.48. The molecule has 118 valence electrons. The number of urea groups is 1. The number of carbonyl (C=O) groups is 2. The predicted octanol–water partition coefficient (Wildman–Crippen LogP) is 1.88. The van der Waals surface area contributed by atoms with Gasteiger partial charge in [-0.2, -0.15) is 0 Å². The Morgan fingerprint density at radius 1 is 1.05 bits per heavy atom. The van der Waals surface area contributed by atoms with Crippen LogP contribution >= 0.6 is 0 Å². The first-order chi connectivity index (χ1) is 10.1. The number of fused-ring (bicyclic) bond motifs is 1. The fourth-order valence-corrected chi connectivity index (χ4v) is 3.81. The topological polar surface area (TPSA) is 61.4 Å². The molecule has 3 rings (SSSR count). The van der Waals surface area contributed by atoms with E-state index in [1.54, 1.807) is 0 Å². The zero-order valence-corrected chi connectivity index (χ0v) is 12.9. The molecule has 2 saturated carbocycles. The summed E-state index contributed by atoms with van der Waals surface area (Å²) in [6, 6.07) is -0.258. The predicted molar refractivity (Wildman–Crippen MR) is 80.8 cm³/mol. The molecule has 21 heavy (non-hydrogen) atoms. The van der Waals surface area contributed by atoms with Gasteiger partial charge in [-0.3, -0.25) is 15.0 Å².